The number of amides is 2. The molecule has 0 spiro atoms. The summed E-state index contributed by atoms with van der Waals surface area (Å²) in [7, 11) is 0. The van der Waals surface area contributed by atoms with E-state index in [0.29, 0.717) is 13.1 Å². The van der Waals surface area contributed by atoms with Crippen LogP contribution in [0.2, 0.25) is 0 Å². The van der Waals surface area contributed by atoms with Crippen molar-refractivity contribution in [1.82, 2.24) is 20.2 Å². The van der Waals surface area contributed by atoms with E-state index < -0.39 is 0 Å². The third kappa shape index (κ3) is 3.77. The zero-order valence-corrected chi connectivity index (χ0v) is 14.6. The zero-order valence-electron chi connectivity index (χ0n) is 14.6. The molecule has 0 aliphatic heterocycles. The Kier molecular flexibility index (Phi) is 4.69. The summed E-state index contributed by atoms with van der Waals surface area (Å²) in [5.41, 5.74) is 6.15. The van der Waals surface area contributed by atoms with Gasteiger partial charge in [0.25, 0.3) is 0 Å². The minimum atomic E-state index is -0.149. The Labute approximate surface area is 153 Å². The average Bonchev–Trinajstić information content (AvgIpc) is 3.36. The maximum Gasteiger partial charge on any atom is 0.315 e. The largest absolute Gasteiger partial charge is 0.334 e. The van der Waals surface area contributed by atoms with Crippen LogP contribution in [0.1, 0.15) is 28.7 Å². The molecule has 2 N–H and O–H groups in total. The van der Waals surface area contributed by atoms with Gasteiger partial charge in [0.05, 0.1) is 6.33 Å². The molecule has 1 aromatic heterocycles. The van der Waals surface area contributed by atoms with Gasteiger partial charge in [-0.15, -0.1) is 0 Å². The van der Waals surface area contributed by atoms with Gasteiger partial charge in [0, 0.05) is 31.2 Å². The molecule has 2 aromatic carbocycles. The van der Waals surface area contributed by atoms with Crippen molar-refractivity contribution in [3.63, 3.8) is 0 Å². The van der Waals surface area contributed by atoms with E-state index in [4.69, 9.17) is 0 Å². The fourth-order valence-electron chi connectivity index (χ4n) is 3.36. The summed E-state index contributed by atoms with van der Waals surface area (Å²) in [5, 5.41) is 5.84. The van der Waals surface area contributed by atoms with Crippen LogP contribution in [0.5, 0.6) is 0 Å². The van der Waals surface area contributed by atoms with Gasteiger partial charge in [-0.05, 0) is 53.6 Å². The van der Waals surface area contributed by atoms with Gasteiger partial charge in [-0.3, -0.25) is 0 Å². The van der Waals surface area contributed by atoms with Crippen LogP contribution in [0.3, 0.4) is 0 Å². The zero-order chi connectivity index (χ0) is 17.8. The number of carbonyl (C=O) groups is 1. The molecule has 0 atom stereocenters. The second-order valence-electron chi connectivity index (χ2n) is 6.63. The summed E-state index contributed by atoms with van der Waals surface area (Å²) in [5.74, 6) is 0. The maximum absolute atomic E-state index is 12.0. The van der Waals surface area contributed by atoms with Crippen molar-refractivity contribution in [2.24, 2.45) is 0 Å². The van der Waals surface area contributed by atoms with E-state index in [1.165, 1.54) is 24.0 Å². The Balaban J connectivity index is 1.26. The first-order valence-electron chi connectivity index (χ1n) is 8.97. The second-order valence-corrected chi connectivity index (χ2v) is 6.63. The van der Waals surface area contributed by atoms with Gasteiger partial charge in [0.1, 0.15) is 0 Å². The smallest absolute Gasteiger partial charge is 0.315 e. The molecule has 0 saturated heterocycles. The van der Waals surface area contributed by atoms with Crippen molar-refractivity contribution in [3.05, 3.63) is 83.4 Å². The van der Waals surface area contributed by atoms with Crippen molar-refractivity contribution in [1.29, 1.82) is 0 Å². The topological polar surface area (TPSA) is 59.0 Å². The highest BCUT2D eigenvalue weighted by atomic mass is 16.2. The number of benzene rings is 2. The Morgan fingerprint density at radius 2 is 1.69 bits per heavy atom. The monoisotopic (exact) mass is 346 g/mol. The van der Waals surface area contributed by atoms with Gasteiger partial charge in [-0.25, -0.2) is 9.78 Å². The minimum Gasteiger partial charge on any atom is -0.334 e. The standard InChI is InChI=1S/C21H22N4O/c26-21(24-14-17-4-7-18-2-1-3-19(18)12-17)23-13-16-5-8-20(9-6-16)25-11-10-22-15-25/h4-12,15H,1-3,13-14H2,(H2,23,24,26). The molecular weight excluding hydrogens is 324 g/mol. The number of nitrogens with zero attached hydrogens (tertiary/aromatic N) is 2. The molecule has 5 heteroatoms. The predicted octanol–water partition coefficient (Wildman–Crippen LogP) is 3.36. The third-order valence-electron chi connectivity index (χ3n) is 4.81. The van der Waals surface area contributed by atoms with E-state index in [1.807, 2.05) is 35.0 Å². The van der Waals surface area contributed by atoms with Gasteiger partial charge >= 0.3 is 6.03 Å². The molecule has 3 aromatic rings. The van der Waals surface area contributed by atoms with E-state index in [9.17, 15) is 4.79 Å². The van der Waals surface area contributed by atoms with Crippen molar-refractivity contribution in [3.8, 4) is 5.69 Å². The van der Waals surface area contributed by atoms with Crippen LogP contribution < -0.4 is 10.6 Å². The highest BCUT2D eigenvalue weighted by Crippen LogP contribution is 2.22. The molecule has 0 fully saturated rings. The molecule has 4 rings (SSSR count). The summed E-state index contributed by atoms with van der Waals surface area (Å²) in [6.07, 6.45) is 9.00. The van der Waals surface area contributed by atoms with Crippen molar-refractivity contribution >= 4 is 6.03 Å². The summed E-state index contributed by atoms with van der Waals surface area (Å²) in [6, 6.07) is 14.4. The predicted molar refractivity (Wildman–Crippen MR) is 101 cm³/mol. The number of aryl methyl sites for hydroxylation is 2. The molecule has 26 heavy (non-hydrogen) atoms. The first-order valence-corrected chi connectivity index (χ1v) is 8.97. The lowest BCUT2D eigenvalue weighted by atomic mass is 10.1. The molecule has 5 nitrogen and oxygen atoms in total. The fourth-order valence-corrected chi connectivity index (χ4v) is 3.36. The Morgan fingerprint density at radius 1 is 0.962 bits per heavy atom. The highest BCUT2D eigenvalue weighted by molar-refractivity contribution is 5.73. The van der Waals surface area contributed by atoms with Crippen LogP contribution >= 0.6 is 0 Å². The average molecular weight is 346 g/mol. The quantitative estimate of drug-likeness (QED) is 0.744. The molecule has 0 radical (unpaired) electrons. The van der Waals surface area contributed by atoms with Crippen molar-refractivity contribution < 1.29 is 4.79 Å². The van der Waals surface area contributed by atoms with Gasteiger partial charge in [0.15, 0.2) is 0 Å². The molecule has 132 valence electrons. The van der Waals surface area contributed by atoms with Crippen LogP contribution in [-0.2, 0) is 25.9 Å². The van der Waals surface area contributed by atoms with Gasteiger partial charge < -0.3 is 15.2 Å². The van der Waals surface area contributed by atoms with Crippen LogP contribution in [0.4, 0.5) is 4.79 Å². The first kappa shape index (κ1) is 16.4. The second kappa shape index (κ2) is 7.44. The number of hydrogen-bond donors (Lipinski definition) is 2. The van der Waals surface area contributed by atoms with Crippen molar-refractivity contribution in [2.45, 2.75) is 32.4 Å². The molecule has 1 aliphatic carbocycles. The number of urea groups is 1. The van der Waals surface area contributed by atoms with E-state index in [-0.39, 0.29) is 6.03 Å². The Bertz CT molecular complexity index is 885. The van der Waals surface area contributed by atoms with E-state index in [2.05, 4.69) is 33.8 Å². The van der Waals surface area contributed by atoms with E-state index in [0.717, 1.165) is 23.2 Å². The number of carbonyl (C=O) groups excluding carboxylic acids is 1. The van der Waals surface area contributed by atoms with Gasteiger partial charge in [0.2, 0.25) is 0 Å². The maximum atomic E-state index is 12.0. The third-order valence-corrected chi connectivity index (χ3v) is 4.81. The number of aromatic nitrogens is 2. The minimum absolute atomic E-state index is 0.149. The molecule has 0 unspecified atom stereocenters. The lowest BCUT2D eigenvalue weighted by Gasteiger charge is -2.10. The number of hydrogen-bond acceptors (Lipinski definition) is 2. The molecule has 0 saturated carbocycles. The highest BCUT2D eigenvalue weighted by Gasteiger charge is 2.11. The lowest BCUT2D eigenvalue weighted by Crippen LogP contribution is -2.34. The molecule has 2 amide bonds. The molecule has 0 bridgehead atoms. The molecule has 1 aliphatic rings. The van der Waals surface area contributed by atoms with Crippen molar-refractivity contribution in [2.75, 3.05) is 0 Å². The van der Waals surface area contributed by atoms with E-state index >= 15 is 0 Å². The SMILES string of the molecule is O=C(NCc1ccc(-n2ccnc2)cc1)NCc1ccc2c(c1)CCC2. The van der Waals surface area contributed by atoms with Crippen LogP contribution in [-0.4, -0.2) is 15.6 Å². The Hall–Kier alpha value is -3.08. The summed E-state index contributed by atoms with van der Waals surface area (Å²) < 4.78 is 1.94. The van der Waals surface area contributed by atoms with E-state index in [1.54, 1.807) is 12.5 Å². The summed E-state index contributed by atoms with van der Waals surface area (Å²) in [6.45, 7) is 1.05. The van der Waals surface area contributed by atoms with Gasteiger partial charge in [-0.1, -0.05) is 30.3 Å². The molecular formula is C21H22N4O. The normalized spacial score (nSPS) is 12.6. The van der Waals surface area contributed by atoms with Crippen LogP contribution in [0.25, 0.3) is 5.69 Å². The van der Waals surface area contributed by atoms with Crippen LogP contribution in [0, 0.1) is 0 Å². The number of fused-ring (bicyclic) bond motifs is 1. The summed E-state index contributed by atoms with van der Waals surface area (Å²) in [4.78, 5) is 16.1. The lowest BCUT2D eigenvalue weighted by molar-refractivity contribution is 0.240. The first-order chi connectivity index (χ1) is 12.8. The fraction of sp³-hybridized carbons (Fsp3) is 0.238. The number of imidazole rings is 1. The Morgan fingerprint density at radius 3 is 2.46 bits per heavy atom. The van der Waals surface area contributed by atoms with Crippen LogP contribution in [0.15, 0.2) is 61.2 Å². The molecule has 1 heterocycles. The summed E-state index contributed by atoms with van der Waals surface area (Å²) >= 11 is 0. The van der Waals surface area contributed by atoms with Gasteiger partial charge in [-0.2, -0.15) is 0 Å². The number of nitrogens with one attached hydrogen (secondary N) is 2. The number of rotatable bonds is 5.